The summed E-state index contributed by atoms with van der Waals surface area (Å²) in [5, 5.41) is 3.42. The van der Waals surface area contributed by atoms with E-state index >= 15 is 0 Å². The Kier molecular flexibility index (Phi) is 6.89. The second-order valence-corrected chi connectivity index (χ2v) is 9.06. The summed E-state index contributed by atoms with van der Waals surface area (Å²) >= 11 is 6.06. The zero-order chi connectivity index (χ0) is 20.2. The molecule has 0 aliphatic rings. The molecule has 7 heteroatoms. The van der Waals surface area contributed by atoms with Crippen LogP contribution in [0.1, 0.15) is 29.5 Å². The number of carbonyl (C=O) groups is 1. The van der Waals surface area contributed by atoms with Crippen LogP contribution in [0.4, 0.5) is 11.4 Å². The normalized spacial score (nSPS) is 11.3. The fourth-order valence-corrected chi connectivity index (χ4v) is 4.04. The van der Waals surface area contributed by atoms with E-state index in [4.69, 9.17) is 11.6 Å². The fraction of sp³-hybridized carbons (Fsp3) is 0.350. The lowest BCUT2D eigenvalue weighted by Gasteiger charge is -2.23. The number of rotatable bonds is 7. The first-order valence-electron chi connectivity index (χ1n) is 8.69. The number of benzene rings is 2. The third-order valence-electron chi connectivity index (χ3n) is 4.20. The van der Waals surface area contributed by atoms with Crippen LogP contribution in [0.5, 0.6) is 0 Å². The van der Waals surface area contributed by atoms with Crippen LogP contribution >= 0.6 is 11.6 Å². The fourth-order valence-electron chi connectivity index (χ4n) is 2.92. The maximum atomic E-state index is 12.2. The minimum atomic E-state index is -3.44. The second-order valence-electron chi connectivity index (χ2n) is 6.75. The van der Waals surface area contributed by atoms with Crippen molar-refractivity contribution in [3.05, 3.63) is 58.1 Å². The quantitative estimate of drug-likeness (QED) is 0.735. The Hall–Kier alpha value is -2.05. The van der Waals surface area contributed by atoms with Gasteiger partial charge in [-0.15, -0.1) is 0 Å². The molecule has 0 aliphatic heterocycles. The van der Waals surface area contributed by atoms with Gasteiger partial charge < -0.3 is 5.32 Å². The van der Waals surface area contributed by atoms with E-state index in [-0.39, 0.29) is 18.9 Å². The van der Waals surface area contributed by atoms with E-state index in [2.05, 4.69) is 5.32 Å². The second kappa shape index (κ2) is 8.76. The summed E-state index contributed by atoms with van der Waals surface area (Å²) in [6, 6.07) is 11.0. The highest BCUT2D eigenvalue weighted by Crippen LogP contribution is 2.24. The molecule has 27 heavy (non-hydrogen) atoms. The monoisotopic (exact) mass is 408 g/mol. The zero-order valence-corrected chi connectivity index (χ0v) is 17.6. The van der Waals surface area contributed by atoms with Gasteiger partial charge in [0.15, 0.2) is 0 Å². The molecular formula is C20H25ClN2O3S. The van der Waals surface area contributed by atoms with Gasteiger partial charge in [0.2, 0.25) is 15.9 Å². The van der Waals surface area contributed by atoms with Crippen molar-refractivity contribution < 1.29 is 13.2 Å². The third-order valence-corrected chi connectivity index (χ3v) is 5.81. The number of amides is 1. The van der Waals surface area contributed by atoms with E-state index in [1.165, 1.54) is 10.6 Å². The molecule has 0 aliphatic carbocycles. The van der Waals surface area contributed by atoms with Gasteiger partial charge in [0, 0.05) is 23.7 Å². The van der Waals surface area contributed by atoms with Crippen LogP contribution in [0.2, 0.25) is 5.02 Å². The summed E-state index contributed by atoms with van der Waals surface area (Å²) in [6.45, 7) is 5.93. The maximum absolute atomic E-state index is 12.2. The zero-order valence-electron chi connectivity index (χ0n) is 16.0. The molecule has 0 saturated carbocycles. The Balaban J connectivity index is 2.03. The Labute approximate surface area is 166 Å². The van der Waals surface area contributed by atoms with Crippen molar-refractivity contribution in [3.63, 3.8) is 0 Å². The van der Waals surface area contributed by atoms with Gasteiger partial charge in [0.25, 0.3) is 0 Å². The lowest BCUT2D eigenvalue weighted by Crippen LogP contribution is -2.31. The summed E-state index contributed by atoms with van der Waals surface area (Å²) in [7, 11) is -3.44. The number of anilines is 2. The predicted molar refractivity (Wildman–Crippen MR) is 112 cm³/mol. The molecule has 0 spiro atoms. The molecule has 2 rings (SSSR count). The molecule has 0 fully saturated rings. The van der Waals surface area contributed by atoms with E-state index in [1.54, 1.807) is 18.2 Å². The van der Waals surface area contributed by atoms with Crippen LogP contribution in [0.25, 0.3) is 0 Å². The Bertz CT molecular complexity index is 922. The summed E-state index contributed by atoms with van der Waals surface area (Å²) in [6.07, 6.45) is 1.80. The molecule has 0 bridgehead atoms. The standard InChI is InChI=1S/C20H25ClN2O3S/c1-14-11-15(2)13-17(12-14)23(27(4,25)26)10-6-9-20(24)22-19-8-5-7-18(21)16(19)3/h5,7-8,11-13H,6,9-10H2,1-4H3,(H,22,24). The van der Waals surface area contributed by atoms with Crippen LogP contribution in [-0.2, 0) is 14.8 Å². The minimum Gasteiger partial charge on any atom is -0.326 e. The van der Waals surface area contributed by atoms with Gasteiger partial charge in [-0.3, -0.25) is 9.10 Å². The number of halogens is 1. The maximum Gasteiger partial charge on any atom is 0.232 e. The average molecular weight is 409 g/mol. The molecule has 1 amide bonds. The van der Waals surface area contributed by atoms with Gasteiger partial charge in [-0.2, -0.15) is 0 Å². The Morgan fingerprint density at radius 1 is 1.11 bits per heavy atom. The molecule has 0 radical (unpaired) electrons. The highest BCUT2D eigenvalue weighted by Gasteiger charge is 2.18. The third kappa shape index (κ3) is 5.97. The number of hydrogen-bond donors (Lipinski definition) is 1. The first-order valence-corrected chi connectivity index (χ1v) is 10.9. The first kappa shape index (κ1) is 21.3. The van der Waals surface area contributed by atoms with E-state index in [9.17, 15) is 13.2 Å². The largest absolute Gasteiger partial charge is 0.326 e. The van der Waals surface area contributed by atoms with Gasteiger partial charge in [0.05, 0.1) is 11.9 Å². The molecular weight excluding hydrogens is 384 g/mol. The van der Waals surface area contributed by atoms with Gasteiger partial charge >= 0.3 is 0 Å². The van der Waals surface area contributed by atoms with E-state index in [1.807, 2.05) is 39.0 Å². The van der Waals surface area contributed by atoms with Gasteiger partial charge in [-0.05, 0) is 68.1 Å². The summed E-state index contributed by atoms with van der Waals surface area (Å²) in [4.78, 5) is 12.2. The summed E-state index contributed by atoms with van der Waals surface area (Å²) in [5.74, 6) is -0.172. The molecule has 0 saturated heterocycles. The predicted octanol–water partition coefficient (Wildman–Crippen LogP) is 4.45. The van der Waals surface area contributed by atoms with Crippen molar-refractivity contribution in [1.82, 2.24) is 0 Å². The molecule has 146 valence electrons. The van der Waals surface area contributed by atoms with Crippen LogP contribution < -0.4 is 9.62 Å². The van der Waals surface area contributed by atoms with Crippen molar-refractivity contribution >= 4 is 38.9 Å². The SMILES string of the molecule is Cc1cc(C)cc(N(CCCC(=O)Nc2cccc(Cl)c2C)S(C)(=O)=O)c1. The highest BCUT2D eigenvalue weighted by atomic mass is 35.5. The number of hydrogen-bond acceptors (Lipinski definition) is 3. The van der Waals surface area contributed by atoms with Crippen molar-refractivity contribution in [2.24, 2.45) is 0 Å². The number of sulfonamides is 1. The summed E-state index contributed by atoms with van der Waals surface area (Å²) < 4.78 is 25.8. The highest BCUT2D eigenvalue weighted by molar-refractivity contribution is 7.92. The topological polar surface area (TPSA) is 66.5 Å². The van der Waals surface area contributed by atoms with Crippen LogP contribution in [-0.4, -0.2) is 27.1 Å². The number of aryl methyl sites for hydroxylation is 2. The van der Waals surface area contributed by atoms with Crippen LogP contribution in [0, 0.1) is 20.8 Å². The van der Waals surface area contributed by atoms with Crippen molar-refractivity contribution in [3.8, 4) is 0 Å². The molecule has 1 N–H and O–H groups in total. The Morgan fingerprint density at radius 2 is 1.74 bits per heavy atom. The van der Waals surface area contributed by atoms with Crippen molar-refractivity contribution in [2.45, 2.75) is 33.6 Å². The number of nitrogens with one attached hydrogen (secondary N) is 1. The van der Waals surface area contributed by atoms with E-state index in [0.717, 1.165) is 16.7 Å². The van der Waals surface area contributed by atoms with Crippen molar-refractivity contribution in [2.75, 3.05) is 22.4 Å². The molecule has 2 aromatic carbocycles. The van der Waals surface area contributed by atoms with Gasteiger partial charge in [-0.1, -0.05) is 23.7 Å². The van der Waals surface area contributed by atoms with Crippen LogP contribution in [0.3, 0.4) is 0 Å². The minimum absolute atomic E-state index is 0.172. The average Bonchev–Trinajstić information content (AvgIpc) is 2.53. The smallest absolute Gasteiger partial charge is 0.232 e. The molecule has 5 nitrogen and oxygen atoms in total. The number of nitrogens with zero attached hydrogens (tertiary/aromatic N) is 1. The van der Waals surface area contributed by atoms with Gasteiger partial charge in [-0.25, -0.2) is 8.42 Å². The number of carbonyl (C=O) groups excluding carboxylic acids is 1. The summed E-state index contributed by atoms with van der Waals surface area (Å²) in [5.41, 5.74) is 4.09. The van der Waals surface area contributed by atoms with Crippen molar-refractivity contribution in [1.29, 1.82) is 0 Å². The molecule has 0 atom stereocenters. The molecule has 2 aromatic rings. The van der Waals surface area contributed by atoms with Gasteiger partial charge in [0.1, 0.15) is 0 Å². The molecule has 0 aromatic heterocycles. The molecule has 0 heterocycles. The van der Waals surface area contributed by atoms with E-state index < -0.39 is 10.0 Å². The first-order chi connectivity index (χ1) is 12.6. The lowest BCUT2D eigenvalue weighted by atomic mass is 10.1. The molecule has 0 unspecified atom stereocenters. The van der Waals surface area contributed by atoms with E-state index in [0.29, 0.717) is 22.8 Å². The lowest BCUT2D eigenvalue weighted by molar-refractivity contribution is -0.116. The van der Waals surface area contributed by atoms with Crippen LogP contribution in [0.15, 0.2) is 36.4 Å². The Morgan fingerprint density at radius 3 is 2.33 bits per heavy atom.